The zero-order chi connectivity index (χ0) is 18.5. The van der Waals surface area contributed by atoms with Crippen molar-refractivity contribution in [3.05, 3.63) is 124 Å². The molecule has 29 heavy (non-hydrogen) atoms. The van der Waals surface area contributed by atoms with Crippen molar-refractivity contribution in [3.63, 3.8) is 0 Å². The van der Waals surface area contributed by atoms with Crippen molar-refractivity contribution in [3.8, 4) is 0 Å². The van der Waals surface area contributed by atoms with Crippen molar-refractivity contribution in [2.45, 2.75) is 16.6 Å². The van der Waals surface area contributed by atoms with E-state index in [1.54, 1.807) is 0 Å². The molecule has 0 N–H and O–H groups in total. The van der Waals surface area contributed by atoms with Gasteiger partial charge in [-0.2, -0.15) is 0 Å². The molecule has 0 radical (unpaired) electrons. The fourth-order valence-electron chi connectivity index (χ4n) is 5.51. The first-order valence-electron chi connectivity index (χ1n) is 10.2. The number of hydrogen-bond acceptors (Lipinski definition) is 0. The van der Waals surface area contributed by atoms with Crippen LogP contribution in [-0.2, 0) is 0 Å². The van der Waals surface area contributed by atoms with Crippen LogP contribution >= 0.6 is 0 Å². The standard InChI is InChI=1S/C27H22Si.Na.H/c1-4-10-22-19(7-1)13-16-25(22)28(26-17-14-20-8-2-5-11-23(20)26)27-18-15-21-9-3-6-12-24(21)27;;/h1-18,25-28H;;. The van der Waals surface area contributed by atoms with Crippen LogP contribution in [0.1, 0.15) is 50.0 Å². The normalized spacial score (nSPS) is 23.4. The van der Waals surface area contributed by atoms with Crippen LogP contribution in [0.25, 0.3) is 18.2 Å². The van der Waals surface area contributed by atoms with Crippen LogP contribution in [0.15, 0.2) is 91.0 Å². The molecule has 0 saturated carbocycles. The summed E-state index contributed by atoms with van der Waals surface area (Å²) >= 11 is 0. The predicted molar refractivity (Wildman–Crippen MR) is 129 cm³/mol. The molecule has 0 bridgehead atoms. The van der Waals surface area contributed by atoms with E-state index in [-0.39, 0.29) is 29.6 Å². The van der Waals surface area contributed by atoms with Gasteiger partial charge in [0.05, 0.1) is 8.80 Å². The van der Waals surface area contributed by atoms with Crippen molar-refractivity contribution in [2.75, 3.05) is 0 Å². The maximum absolute atomic E-state index is 2.51. The molecule has 0 amide bonds. The van der Waals surface area contributed by atoms with Gasteiger partial charge in [0.25, 0.3) is 0 Å². The van der Waals surface area contributed by atoms with Gasteiger partial charge in [-0.05, 0) is 50.0 Å². The van der Waals surface area contributed by atoms with E-state index in [9.17, 15) is 0 Å². The van der Waals surface area contributed by atoms with Crippen LogP contribution in [-0.4, -0.2) is 38.4 Å². The molecule has 3 unspecified atom stereocenters. The number of rotatable bonds is 3. The van der Waals surface area contributed by atoms with Crippen LogP contribution in [0, 0.1) is 0 Å². The topological polar surface area (TPSA) is 0 Å². The molecule has 3 aliphatic carbocycles. The summed E-state index contributed by atoms with van der Waals surface area (Å²) in [6, 6.07) is 27.0. The van der Waals surface area contributed by atoms with Crippen molar-refractivity contribution in [2.24, 2.45) is 0 Å². The maximum atomic E-state index is 2.51. The Balaban J connectivity index is 0.00000181. The Hall–Kier alpha value is -1.90. The molecule has 0 nitrogen and oxygen atoms in total. The third-order valence-corrected chi connectivity index (χ3v) is 11.0. The summed E-state index contributed by atoms with van der Waals surface area (Å²) in [6.45, 7) is 0. The zero-order valence-electron chi connectivity index (χ0n) is 15.7. The molecule has 3 aliphatic rings. The summed E-state index contributed by atoms with van der Waals surface area (Å²) in [4.78, 5) is 0. The molecule has 6 rings (SSSR count). The number of fused-ring (bicyclic) bond motifs is 3. The molecule has 0 aromatic heterocycles. The molecule has 0 heterocycles. The minimum atomic E-state index is -1.36. The van der Waals surface area contributed by atoms with Gasteiger partial charge in [0, 0.05) is 0 Å². The predicted octanol–water partition coefficient (Wildman–Crippen LogP) is 5.61. The van der Waals surface area contributed by atoms with Crippen LogP contribution in [0.5, 0.6) is 0 Å². The second kappa shape index (κ2) is 7.74. The van der Waals surface area contributed by atoms with E-state index >= 15 is 0 Å². The Morgan fingerprint density at radius 1 is 0.448 bits per heavy atom. The first-order valence-corrected chi connectivity index (χ1v) is 12.2. The molecule has 3 aromatic rings. The first kappa shape index (κ1) is 19.1. The molecule has 2 heteroatoms. The van der Waals surface area contributed by atoms with E-state index in [1.807, 2.05) is 0 Å². The first-order chi connectivity index (χ1) is 13.9. The zero-order valence-corrected chi connectivity index (χ0v) is 16.9. The van der Waals surface area contributed by atoms with Gasteiger partial charge in [0.2, 0.25) is 0 Å². The quantitative estimate of drug-likeness (QED) is 0.503. The minimum absolute atomic E-state index is 0. The van der Waals surface area contributed by atoms with E-state index < -0.39 is 8.80 Å². The molecule has 0 fully saturated rings. The molecule has 0 aliphatic heterocycles. The van der Waals surface area contributed by atoms with Gasteiger partial charge < -0.3 is 0 Å². The van der Waals surface area contributed by atoms with E-state index in [1.165, 1.54) is 33.4 Å². The van der Waals surface area contributed by atoms with Gasteiger partial charge in [-0.3, -0.25) is 0 Å². The fourth-order valence-corrected chi connectivity index (χ4v) is 10.1. The van der Waals surface area contributed by atoms with Crippen LogP contribution < -0.4 is 0 Å². The Morgan fingerprint density at radius 3 is 1.10 bits per heavy atom. The van der Waals surface area contributed by atoms with Gasteiger partial charge in [-0.15, -0.1) is 0 Å². The Morgan fingerprint density at radius 2 is 0.759 bits per heavy atom. The average molecular weight is 399 g/mol. The summed E-state index contributed by atoms with van der Waals surface area (Å²) in [5.41, 5.74) is 10.6. The molecule has 0 spiro atoms. The van der Waals surface area contributed by atoms with E-state index in [0.29, 0.717) is 16.6 Å². The third-order valence-electron chi connectivity index (χ3n) is 6.76. The van der Waals surface area contributed by atoms with Gasteiger partial charge in [-0.1, -0.05) is 109 Å². The van der Waals surface area contributed by atoms with Crippen molar-refractivity contribution in [1.29, 1.82) is 0 Å². The van der Waals surface area contributed by atoms with E-state index in [4.69, 9.17) is 0 Å². The average Bonchev–Trinajstić information content (AvgIpc) is 3.47. The van der Waals surface area contributed by atoms with Crippen LogP contribution in [0.4, 0.5) is 0 Å². The number of benzene rings is 3. The SMILES string of the molecule is C1=CC([SiH](C2C=Cc3ccccc32)C2C=Cc3ccccc32)c2ccccc21.[NaH]. The summed E-state index contributed by atoms with van der Waals surface area (Å²) in [5, 5.41) is 0. The third kappa shape index (κ3) is 3.08. The summed E-state index contributed by atoms with van der Waals surface area (Å²) in [5.74, 6) is 0. The van der Waals surface area contributed by atoms with Gasteiger partial charge in [0.15, 0.2) is 0 Å². The fraction of sp³-hybridized carbons (Fsp3) is 0.111. The van der Waals surface area contributed by atoms with Crippen LogP contribution in [0.2, 0.25) is 0 Å². The molecular weight excluding hydrogens is 375 g/mol. The molecule has 3 atom stereocenters. The summed E-state index contributed by atoms with van der Waals surface area (Å²) in [6.07, 6.45) is 14.6. The van der Waals surface area contributed by atoms with Crippen molar-refractivity contribution >= 4 is 56.6 Å². The molecule has 0 saturated heterocycles. The van der Waals surface area contributed by atoms with Gasteiger partial charge in [0.1, 0.15) is 0 Å². The Labute approximate surface area is 196 Å². The van der Waals surface area contributed by atoms with Crippen LogP contribution in [0.3, 0.4) is 0 Å². The summed E-state index contributed by atoms with van der Waals surface area (Å²) in [7, 11) is -1.36. The van der Waals surface area contributed by atoms with E-state index in [0.717, 1.165) is 0 Å². The summed E-state index contributed by atoms with van der Waals surface area (Å²) < 4.78 is 0. The second-order valence-electron chi connectivity index (χ2n) is 8.12. The molecule has 3 aromatic carbocycles. The Bertz CT molecular complexity index is 1010. The van der Waals surface area contributed by atoms with E-state index in [2.05, 4.69) is 109 Å². The monoisotopic (exact) mass is 398 g/mol. The molecular formula is C27H23NaSi. The second-order valence-corrected chi connectivity index (χ2v) is 11.4. The van der Waals surface area contributed by atoms with Gasteiger partial charge >= 0.3 is 29.6 Å². The molecule has 136 valence electrons. The number of hydrogen-bond donors (Lipinski definition) is 0. The van der Waals surface area contributed by atoms with Gasteiger partial charge in [-0.25, -0.2) is 0 Å². The Kier molecular flexibility index (Phi) is 5.09. The van der Waals surface area contributed by atoms with Crippen molar-refractivity contribution < 1.29 is 0 Å². The number of allylic oxidation sites excluding steroid dienone is 3. The van der Waals surface area contributed by atoms with Crippen molar-refractivity contribution in [1.82, 2.24) is 0 Å².